The van der Waals surface area contributed by atoms with Gasteiger partial charge in [-0.2, -0.15) is 0 Å². The molecular formula is C52H97NO5. The minimum Gasteiger partial charge on any atom is -0.462 e. The summed E-state index contributed by atoms with van der Waals surface area (Å²) < 4.78 is 5.90. The molecule has 0 heterocycles. The number of unbranched alkanes of at least 4 members (excludes halogenated alkanes) is 27. The van der Waals surface area contributed by atoms with Crippen molar-refractivity contribution in [2.45, 2.75) is 277 Å². The minimum atomic E-state index is -0.794. The molecule has 0 radical (unpaired) electrons. The molecule has 0 aromatic rings. The van der Waals surface area contributed by atoms with Crippen LogP contribution < -0.4 is 5.32 Å². The molecule has 0 bridgehead atoms. The lowest BCUT2D eigenvalue weighted by Crippen LogP contribution is -2.46. The van der Waals surface area contributed by atoms with Gasteiger partial charge in [-0.05, 0) is 64.2 Å². The number of esters is 1. The Kier molecular flexibility index (Phi) is 44.6. The summed E-state index contributed by atoms with van der Waals surface area (Å²) in [5.74, 6) is -0.505. The molecule has 3 N–H and O–H groups in total. The Bertz CT molecular complexity index is 961. The molecule has 0 aromatic heterocycles. The van der Waals surface area contributed by atoms with E-state index in [-0.39, 0.29) is 24.9 Å². The Labute approximate surface area is 360 Å². The van der Waals surface area contributed by atoms with E-state index in [0.29, 0.717) is 19.3 Å². The highest BCUT2D eigenvalue weighted by atomic mass is 16.5. The number of carbonyl (C=O) groups is 2. The lowest BCUT2D eigenvalue weighted by atomic mass is 10.0. The number of aliphatic hydroxyl groups is 2. The summed E-state index contributed by atoms with van der Waals surface area (Å²) in [4.78, 5) is 26.0. The van der Waals surface area contributed by atoms with Crippen LogP contribution >= 0.6 is 0 Å². The molecule has 0 aliphatic rings. The van der Waals surface area contributed by atoms with Crippen LogP contribution in [0.4, 0.5) is 0 Å². The van der Waals surface area contributed by atoms with Crippen molar-refractivity contribution in [3.63, 3.8) is 0 Å². The van der Waals surface area contributed by atoms with Crippen molar-refractivity contribution < 1.29 is 24.5 Å². The van der Waals surface area contributed by atoms with Crippen molar-refractivity contribution in [3.8, 4) is 0 Å². The van der Waals surface area contributed by atoms with Gasteiger partial charge in [-0.1, -0.05) is 218 Å². The van der Waals surface area contributed by atoms with Crippen LogP contribution in [0.3, 0.4) is 0 Å². The lowest BCUT2D eigenvalue weighted by molar-refractivity contribution is -0.151. The van der Waals surface area contributed by atoms with Crippen LogP contribution in [0.2, 0.25) is 0 Å². The summed E-state index contributed by atoms with van der Waals surface area (Å²) >= 11 is 0. The molecule has 0 spiro atoms. The van der Waals surface area contributed by atoms with Crippen molar-refractivity contribution in [3.05, 3.63) is 36.5 Å². The fourth-order valence-corrected chi connectivity index (χ4v) is 7.61. The van der Waals surface area contributed by atoms with Gasteiger partial charge in [0.1, 0.15) is 6.10 Å². The highest BCUT2D eigenvalue weighted by Gasteiger charge is 2.24. The van der Waals surface area contributed by atoms with Gasteiger partial charge in [-0.3, -0.25) is 9.59 Å². The second-order valence-corrected chi connectivity index (χ2v) is 17.2. The van der Waals surface area contributed by atoms with Gasteiger partial charge in [-0.15, -0.1) is 0 Å². The molecule has 58 heavy (non-hydrogen) atoms. The molecule has 6 heteroatoms. The van der Waals surface area contributed by atoms with E-state index >= 15 is 0 Å². The van der Waals surface area contributed by atoms with E-state index in [0.717, 1.165) is 70.6 Å². The monoisotopic (exact) mass is 816 g/mol. The van der Waals surface area contributed by atoms with E-state index in [1.54, 1.807) is 0 Å². The van der Waals surface area contributed by atoms with Crippen LogP contribution in [0.1, 0.15) is 258 Å². The minimum absolute atomic E-state index is 0.0551. The summed E-state index contributed by atoms with van der Waals surface area (Å²) in [5.41, 5.74) is 0. The van der Waals surface area contributed by atoms with Crippen molar-refractivity contribution in [1.29, 1.82) is 0 Å². The van der Waals surface area contributed by atoms with Crippen molar-refractivity contribution in [2.75, 3.05) is 6.61 Å². The zero-order chi connectivity index (χ0) is 42.4. The van der Waals surface area contributed by atoms with E-state index in [2.05, 4.69) is 62.5 Å². The normalized spacial score (nSPS) is 13.5. The Morgan fingerprint density at radius 1 is 0.500 bits per heavy atom. The average molecular weight is 816 g/mol. The molecule has 3 atom stereocenters. The zero-order valence-electron chi connectivity index (χ0n) is 38.7. The molecule has 340 valence electrons. The topological polar surface area (TPSA) is 95.9 Å². The van der Waals surface area contributed by atoms with Crippen LogP contribution in [0, 0.1) is 0 Å². The van der Waals surface area contributed by atoms with Gasteiger partial charge >= 0.3 is 5.97 Å². The van der Waals surface area contributed by atoms with Gasteiger partial charge in [0.05, 0.1) is 25.2 Å². The van der Waals surface area contributed by atoms with Crippen LogP contribution in [0.15, 0.2) is 36.5 Å². The van der Waals surface area contributed by atoms with Crippen molar-refractivity contribution in [2.24, 2.45) is 0 Å². The second kappa shape index (κ2) is 46.2. The lowest BCUT2D eigenvalue weighted by Gasteiger charge is -2.24. The fraction of sp³-hybridized carbons (Fsp3) is 0.846. The Morgan fingerprint density at radius 3 is 1.34 bits per heavy atom. The largest absolute Gasteiger partial charge is 0.462 e. The number of hydrogen-bond donors (Lipinski definition) is 3. The van der Waals surface area contributed by atoms with Crippen LogP contribution in [0.25, 0.3) is 0 Å². The first-order chi connectivity index (χ1) is 28.5. The first-order valence-electron chi connectivity index (χ1n) is 25.2. The van der Waals surface area contributed by atoms with Crippen molar-refractivity contribution in [1.82, 2.24) is 5.32 Å². The predicted octanol–water partition coefficient (Wildman–Crippen LogP) is 14.9. The maximum Gasteiger partial charge on any atom is 0.306 e. The number of ether oxygens (including phenoxy) is 1. The van der Waals surface area contributed by atoms with Gasteiger partial charge in [0.2, 0.25) is 5.91 Å². The molecule has 0 saturated carbocycles. The summed E-state index contributed by atoms with van der Waals surface area (Å²) in [6, 6.07) is -0.710. The van der Waals surface area contributed by atoms with E-state index in [4.69, 9.17) is 4.74 Å². The van der Waals surface area contributed by atoms with E-state index in [1.165, 1.54) is 141 Å². The quantitative estimate of drug-likeness (QED) is 0.0323. The number of nitrogens with one attached hydrogen (secondary N) is 1. The Morgan fingerprint density at radius 2 is 0.879 bits per heavy atom. The summed E-state index contributed by atoms with van der Waals surface area (Å²) in [6.45, 7) is 6.44. The molecule has 6 nitrogen and oxygen atoms in total. The third kappa shape index (κ3) is 40.8. The number of amides is 1. The summed E-state index contributed by atoms with van der Waals surface area (Å²) in [7, 11) is 0. The van der Waals surface area contributed by atoms with Crippen LogP contribution in [-0.4, -0.2) is 46.9 Å². The molecule has 0 rings (SSSR count). The molecular weight excluding hydrogens is 719 g/mol. The van der Waals surface area contributed by atoms with Gasteiger partial charge < -0.3 is 20.3 Å². The highest BCUT2D eigenvalue weighted by molar-refractivity contribution is 5.77. The zero-order valence-corrected chi connectivity index (χ0v) is 38.7. The van der Waals surface area contributed by atoms with Gasteiger partial charge in [0.25, 0.3) is 0 Å². The number of rotatable bonds is 45. The third-order valence-electron chi connectivity index (χ3n) is 11.5. The number of carbonyl (C=O) groups excluding carboxylic acids is 2. The number of hydrogen-bond acceptors (Lipinski definition) is 5. The molecule has 1 amide bonds. The van der Waals surface area contributed by atoms with E-state index in [1.807, 2.05) is 0 Å². The number of allylic oxidation sites excluding steroid dienone is 6. The van der Waals surface area contributed by atoms with Crippen LogP contribution in [0.5, 0.6) is 0 Å². The average Bonchev–Trinajstić information content (AvgIpc) is 3.22. The molecule has 0 aliphatic heterocycles. The summed E-state index contributed by atoms with van der Waals surface area (Å²) in [5, 5.41) is 23.7. The summed E-state index contributed by atoms with van der Waals surface area (Å²) in [6.07, 6.45) is 53.4. The maximum absolute atomic E-state index is 13.2. The SMILES string of the molecule is CCCCC/C=C\C/C=C\C/C=C\CCCCC(CC(=O)NC(CO)C(O)CCCCCCCCCCCCCCCC)OC(=O)CCCCCCCCCCCC. The second-order valence-electron chi connectivity index (χ2n) is 17.2. The van der Waals surface area contributed by atoms with E-state index in [9.17, 15) is 19.8 Å². The van der Waals surface area contributed by atoms with Crippen LogP contribution in [-0.2, 0) is 14.3 Å². The van der Waals surface area contributed by atoms with Gasteiger partial charge in [0, 0.05) is 6.42 Å². The molecule has 0 fully saturated rings. The predicted molar refractivity (Wildman–Crippen MR) is 250 cm³/mol. The molecule has 3 unspecified atom stereocenters. The third-order valence-corrected chi connectivity index (χ3v) is 11.5. The fourth-order valence-electron chi connectivity index (χ4n) is 7.61. The van der Waals surface area contributed by atoms with Crippen molar-refractivity contribution >= 4 is 11.9 Å². The smallest absolute Gasteiger partial charge is 0.306 e. The maximum atomic E-state index is 13.2. The first kappa shape index (κ1) is 56.1. The number of aliphatic hydroxyl groups excluding tert-OH is 2. The standard InChI is InChI=1S/C52H97NO5/c1-4-7-10-13-16-19-22-24-26-27-29-31-34-37-40-43-48(58-52(57)45-42-39-36-33-21-18-15-12-9-6-3)46-51(56)53-49(47-54)50(55)44-41-38-35-32-30-28-25-23-20-17-14-11-8-5-2/h16,19,24,26,29,31,48-50,54-55H,4-15,17-18,20-23,25,27-28,30,32-47H2,1-3H3,(H,53,56)/b19-16-,26-24-,31-29-. The Hall–Kier alpha value is -1.92. The molecule has 0 aliphatic carbocycles. The molecule has 0 aromatic carbocycles. The van der Waals surface area contributed by atoms with Gasteiger partial charge in [0.15, 0.2) is 0 Å². The van der Waals surface area contributed by atoms with Gasteiger partial charge in [-0.25, -0.2) is 0 Å². The molecule has 0 saturated heterocycles. The Balaban J connectivity index is 4.61. The van der Waals surface area contributed by atoms with E-state index < -0.39 is 18.2 Å². The first-order valence-corrected chi connectivity index (χ1v) is 25.2. The highest BCUT2D eigenvalue weighted by Crippen LogP contribution is 2.17.